The third-order valence-corrected chi connectivity index (χ3v) is 5.87. The molecule has 182 valence electrons. The fourth-order valence-electron chi connectivity index (χ4n) is 3.96. The Hall–Kier alpha value is -3.29. The van der Waals surface area contributed by atoms with Crippen LogP contribution in [0.25, 0.3) is 0 Å². The summed E-state index contributed by atoms with van der Waals surface area (Å²) in [6.45, 7) is 3.70. The number of nitrogens with zero attached hydrogens (tertiary/aromatic N) is 5. The topological polar surface area (TPSA) is 136 Å². The number of aryl methyl sites for hydroxylation is 2. The quantitative estimate of drug-likeness (QED) is 0.355. The van der Waals surface area contributed by atoms with E-state index >= 15 is 0 Å². The van der Waals surface area contributed by atoms with Crippen molar-refractivity contribution in [3.63, 3.8) is 0 Å². The predicted molar refractivity (Wildman–Crippen MR) is 129 cm³/mol. The van der Waals surface area contributed by atoms with E-state index in [-0.39, 0.29) is 11.5 Å². The Morgan fingerprint density at radius 2 is 2.15 bits per heavy atom. The predicted octanol–water partition coefficient (Wildman–Crippen LogP) is 2.33. The molecule has 10 heteroatoms. The number of methoxy groups -OCH3 is 1. The van der Waals surface area contributed by atoms with Crippen LogP contribution in [0.5, 0.6) is 0 Å². The van der Waals surface area contributed by atoms with Crippen LogP contribution in [0.15, 0.2) is 24.5 Å². The maximum absolute atomic E-state index is 11.8. The molecule has 0 amide bonds. The van der Waals surface area contributed by atoms with Gasteiger partial charge in [0.15, 0.2) is 11.5 Å². The standard InChI is InChI=1S/C24H33N7O3/c1-34-16-15-31(13-3-2-6-19-8-7-18-5-4-10-27-22(18)29-19)14-9-20(24(32)33)30-23-21(17-25)26-11-12-28-23/h7-8,11-12,20H,2-6,9-10,13-16H2,1H3,(H,27,29)(H,28,30)(H,32,33)/t20-/m0/s1. The molecule has 0 aromatic carbocycles. The molecule has 0 unspecified atom stereocenters. The van der Waals surface area contributed by atoms with E-state index in [1.54, 1.807) is 7.11 Å². The van der Waals surface area contributed by atoms with Crippen LogP contribution in [-0.4, -0.2) is 76.9 Å². The Balaban J connectivity index is 1.49. The summed E-state index contributed by atoms with van der Waals surface area (Å²) in [6.07, 6.45) is 8.33. The van der Waals surface area contributed by atoms with E-state index in [1.165, 1.54) is 18.0 Å². The molecule has 0 spiro atoms. The molecule has 34 heavy (non-hydrogen) atoms. The van der Waals surface area contributed by atoms with Gasteiger partial charge in [0.05, 0.1) is 6.61 Å². The largest absolute Gasteiger partial charge is 0.480 e. The molecule has 1 aliphatic rings. The Labute approximate surface area is 200 Å². The first-order chi connectivity index (χ1) is 16.6. The van der Waals surface area contributed by atoms with Crippen LogP contribution in [0.4, 0.5) is 11.6 Å². The molecular formula is C24H33N7O3. The average molecular weight is 468 g/mol. The highest BCUT2D eigenvalue weighted by molar-refractivity contribution is 5.77. The Morgan fingerprint density at radius 3 is 2.94 bits per heavy atom. The molecule has 0 radical (unpaired) electrons. The molecule has 2 aromatic heterocycles. The van der Waals surface area contributed by atoms with Crippen LogP contribution in [0.3, 0.4) is 0 Å². The lowest BCUT2D eigenvalue weighted by Crippen LogP contribution is -2.37. The summed E-state index contributed by atoms with van der Waals surface area (Å²) >= 11 is 0. The summed E-state index contributed by atoms with van der Waals surface area (Å²) in [5.74, 6) is 0.224. The van der Waals surface area contributed by atoms with Crippen molar-refractivity contribution >= 4 is 17.6 Å². The van der Waals surface area contributed by atoms with Crippen LogP contribution in [0, 0.1) is 11.3 Å². The number of unbranched alkanes of at least 4 members (excludes halogenated alkanes) is 1. The lowest BCUT2D eigenvalue weighted by atomic mass is 10.1. The minimum absolute atomic E-state index is 0.0796. The number of pyridine rings is 1. The molecule has 1 aliphatic heterocycles. The number of carboxylic acid groups (broad SMARTS) is 1. The van der Waals surface area contributed by atoms with Crippen molar-refractivity contribution in [2.75, 3.05) is 50.5 Å². The van der Waals surface area contributed by atoms with Gasteiger partial charge in [0, 0.05) is 44.8 Å². The third kappa shape index (κ3) is 7.64. The van der Waals surface area contributed by atoms with Crippen LogP contribution < -0.4 is 10.6 Å². The number of ether oxygens (including phenoxy) is 1. The van der Waals surface area contributed by atoms with Crippen LogP contribution in [0.1, 0.15) is 42.6 Å². The number of hydrogen-bond acceptors (Lipinski definition) is 9. The number of anilines is 2. The van der Waals surface area contributed by atoms with E-state index in [0.29, 0.717) is 19.6 Å². The summed E-state index contributed by atoms with van der Waals surface area (Å²) in [7, 11) is 1.66. The van der Waals surface area contributed by atoms with Crippen molar-refractivity contribution in [3.05, 3.63) is 41.5 Å². The summed E-state index contributed by atoms with van der Waals surface area (Å²) in [6, 6.07) is 5.37. The first kappa shape index (κ1) is 25.3. The van der Waals surface area contributed by atoms with Crippen molar-refractivity contribution in [2.45, 2.75) is 44.6 Å². The number of carboxylic acids is 1. The van der Waals surface area contributed by atoms with Gasteiger partial charge in [-0.15, -0.1) is 0 Å². The number of hydrogen-bond donors (Lipinski definition) is 3. The SMILES string of the molecule is COCCN(CCCCc1ccc2c(n1)NCCC2)CC[C@H](Nc1nccnc1C#N)C(=O)O. The zero-order chi connectivity index (χ0) is 24.2. The maximum atomic E-state index is 11.8. The molecule has 0 saturated carbocycles. The third-order valence-electron chi connectivity index (χ3n) is 5.87. The Bertz CT molecular complexity index is 979. The van der Waals surface area contributed by atoms with Crippen molar-refractivity contribution < 1.29 is 14.6 Å². The number of nitrogens with one attached hydrogen (secondary N) is 2. The van der Waals surface area contributed by atoms with Crippen LogP contribution >= 0.6 is 0 Å². The number of carbonyl (C=O) groups is 1. The molecule has 1 atom stereocenters. The molecule has 3 N–H and O–H groups in total. The second kappa shape index (κ2) is 13.4. The van der Waals surface area contributed by atoms with Gasteiger partial charge in [0.25, 0.3) is 0 Å². The molecular weight excluding hydrogens is 434 g/mol. The number of fused-ring (bicyclic) bond motifs is 1. The normalized spacial score (nSPS) is 13.6. The van der Waals surface area contributed by atoms with Crippen molar-refractivity contribution in [3.8, 4) is 6.07 Å². The number of nitriles is 1. The van der Waals surface area contributed by atoms with Crippen molar-refractivity contribution in [2.24, 2.45) is 0 Å². The molecule has 0 bridgehead atoms. The monoisotopic (exact) mass is 467 g/mol. The number of aromatic nitrogens is 3. The lowest BCUT2D eigenvalue weighted by molar-refractivity contribution is -0.138. The van der Waals surface area contributed by atoms with Gasteiger partial charge in [-0.1, -0.05) is 6.07 Å². The van der Waals surface area contributed by atoms with E-state index in [9.17, 15) is 15.2 Å². The van der Waals surface area contributed by atoms with E-state index in [1.807, 2.05) is 6.07 Å². The maximum Gasteiger partial charge on any atom is 0.326 e. The molecule has 3 heterocycles. The molecule has 0 saturated heterocycles. The van der Waals surface area contributed by atoms with Gasteiger partial charge in [-0.05, 0) is 56.7 Å². The minimum atomic E-state index is -0.992. The first-order valence-corrected chi connectivity index (χ1v) is 11.7. The van der Waals surface area contributed by atoms with Crippen LogP contribution in [-0.2, 0) is 22.4 Å². The molecule has 0 aliphatic carbocycles. The summed E-state index contributed by atoms with van der Waals surface area (Å²) < 4.78 is 5.24. The summed E-state index contributed by atoms with van der Waals surface area (Å²) in [5, 5.41) is 25.1. The van der Waals surface area contributed by atoms with Gasteiger partial charge in [-0.3, -0.25) is 0 Å². The summed E-state index contributed by atoms with van der Waals surface area (Å²) in [5.41, 5.74) is 2.48. The van der Waals surface area contributed by atoms with Crippen molar-refractivity contribution in [1.82, 2.24) is 19.9 Å². The minimum Gasteiger partial charge on any atom is -0.480 e. The fourth-order valence-corrected chi connectivity index (χ4v) is 3.96. The molecule has 0 fully saturated rings. The van der Waals surface area contributed by atoms with Gasteiger partial charge in [-0.25, -0.2) is 19.7 Å². The lowest BCUT2D eigenvalue weighted by Gasteiger charge is -2.24. The zero-order valence-corrected chi connectivity index (χ0v) is 19.7. The van der Waals surface area contributed by atoms with E-state index in [4.69, 9.17) is 9.72 Å². The van der Waals surface area contributed by atoms with Crippen molar-refractivity contribution in [1.29, 1.82) is 5.26 Å². The highest BCUT2D eigenvalue weighted by Gasteiger charge is 2.21. The number of aliphatic carboxylic acids is 1. The van der Waals surface area contributed by atoms with Gasteiger partial charge in [0.2, 0.25) is 0 Å². The summed E-state index contributed by atoms with van der Waals surface area (Å²) in [4.78, 5) is 26.8. The van der Waals surface area contributed by atoms with Crippen LogP contribution in [0.2, 0.25) is 0 Å². The van der Waals surface area contributed by atoms with Gasteiger partial charge < -0.3 is 25.4 Å². The van der Waals surface area contributed by atoms with E-state index < -0.39 is 12.0 Å². The zero-order valence-electron chi connectivity index (χ0n) is 19.7. The Kier molecular flexibility index (Phi) is 10.0. The second-order valence-electron chi connectivity index (χ2n) is 8.32. The highest BCUT2D eigenvalue weighted by Crippen LogP contribution is 2.20. The highest BCUT2D eigenvalue weighted by atomic mass is 16.5. The second-order valence-corrected chi connectivity index (χ2v) is 8.32. The number of rotatable bonds is 14. The first-order valence-electron chi connectivity index (χ1n) is 11.7. The fraction of sp³-hybridized carbons (Fsp3) is 0.542. The molecule has 3 rings (SSSR count). The van der Waals surface area contributed by atoms with E-state index in [0.717, 1.165) is 63.3 Å². The van der Waals surface area contributed by atoms with E-state index in [2.05, 4.69) is 37.6 Å². The van der Waals surface area contributed by atoms with Gasteiger partial charge >= 0.3 is 5.97 Å². The van der Waals surface area contributed by atoms with Gasteiger partial charge in [0.1, 0.15) is 17.9 Å². The smallest absolute Gasteiger partial charge is 0.326 e. The average Bonchev–Trinajstić information content (AvgIpc) is 2.86. The van der Waals surface area contributed by atoms with Gasteiger partial charge in [-0.2, -0.15) is 5.26 Å². The molecule has 2 aromatic rings. The molecule has 10 nitrogen and oxygen atoms in total. The Morgan fingerprint density at radius 1 is 1.29 bits per heavy atom.